The van der Waals surface area contributed by atoms with Crippen LogP contribution in [0.4, 0.5) is 0 Å². The normalized spacial score (nSPS) is 26.3. The van der Waals surface area contributed by atoms with Gasteiger partial charge >= 0.3 is 0 Å². The van der Waals surface area contributed by atoms with Gasteiger partial charge in [0.15, 0.2) is 0 Å². The van der Waals surface area contributed by atoms with Gasteiger partial charge in [0, 0.05) is 23.7 Å². The van der Waals surface area contributed by atoms with Gasteiger partial charge in [-0.3, -0.25) is 9.78 Å². The van der Waals surface area contributed by atoms with Gasteiger partial charge in [-0.25, -0.2) is 0 Å². The Bertz CT molecular complexity index is 731. The summed E-state index contributed by atoms with van der Waals surface area (Å²) in [5.74, 6) is 1.40. The summed E-state index contributed by atoms with van der Waals surface area (Å²) in [7, 11) is 1.64. The predicted octanol–water partition coefficient (Wildman–Crippen LogP) is 1.72. The van der Waals surface area contributed by atoms with Gasteiger partial charge in [-0.1, -0.05) is 0 Å². The molecule has 114 valence electrons. The maximum atomic E-state index is 12.4. The minimum Gasteiger partial charge on any atom is -0.497 e. The van der Waals surface area contributed by atoms with Crippen molar-refractivity contribution in [2.24, 2.45) is 5.92 Å². The maximum absolute atomic E-state index is 12.4. The third-order valence-electron chi connectivity index (χ3n) is 4.81. The first-order valence-electron chi connectivity index (χ1n) is 7.71. The Labute approximate surface area is 129 Å². The van der Waals surface area contributed by atoms with E-state index in [9.17, 15) is 4.79 Å². The predicted molar refractivity (Wildman–Crippen MR) is 84.1 cm³/mol. The third-order valence-corrected chi connectivity index (χ3v) is 4.81. The number of carbonyl (C=O) groups is 1. The van der Waals surface area contributed by atoms with Crippen LogP contribution in [0.15, 0.2) is 30.5 Å². The van der Waals surface area contributed by atoms with Crippen LogP contribution >= 0.6 is 0 Å². The molecule has 2 aliphatic rings. The molecule has 0 radical (unpaired) electrons. The summed E-state index contributed by atoms with van der Waals surface area (Å²) >= 11 is 0. The molecule has 1 amide bonds. The number of hydrogen-bond acceptors (Lipinski definition) is 4. The highest BCUT2D eigenvalue weighted by Crippen LogP contribution is 2.31. The molecule has 4 rings (SSSR count). The molecule has 1 aliphatic carbocycles. The lowest BCUT2D eigenvalue weighted by Crippen LogP contribution is -2.48. The third kappa shape index (κ3) is 2.31. The molecule has 1 saturated carbocycles. The van der Waals surface area contributed by atoms with Crippen molar-refractivity contribution in [3.8, 4) is 5.75 Å². The Morgan fingerprint density at radius 1 is 1.32 bits per heavy atom. The number of benzene rings is 1. The summed E-state index contributed by atoms with van der Waals surface area (Å²) in [5.41, 5.74) is 0.462. The number of carbonyl (C=O) groups excluding carboxylic acids is 1. The average molecular weight is 297 g/mol. The van der Waals surface area contributed by atoms with Crippen molar-refractivity contribution < 1.29 is 9.53 Å². The summed E-state index contributed by atoms with van der Waals surface area (Å²) in [6.07, 6.45) is 3.99. The quantitative estimate of drug-likeness (QED) is 0.905. The highest BCUT2D eigenvalue weighted by atomic mass is 16.5. The molecule has 2 N–H and O–H groups in total. The smallest absolute Gasteiger partial charge is 0.270 e. The molecule has 22 heavy (non-hydrogen) atoms. The molecule has 1 aromatic heterocycles. The number of nitrogens with zero attached hydrogens (tertiary/aromatic N) is 1. The van der Waals surface area contributed by atoms with E-state index < -0.39 is 0 Å². The Morgan fingerprint density at radius 3 is 2.95 bits per heavy atom. The Morgan fingerprint density at radius 2 is 2.23 bits per heavy atom. The molecule has 2 fully saturated rings. The number of hydrogen-bond donors (Lipinski definition) is 2. The number of ether oxygens (including phenoxy) is 1. The molecule has 3 atom stereocenters. The van der Waals surface area contributed by atoms with E-state index in [0.29, 0.717) is 17.7 Å². The molecule has 1 aromatic carbocycles. The van der Waals surface area contributed by atoms with E-state index >= 15 is 0 Å². The van der Waals surface area contributed by atoms with Gasteiger partial charge < -0.3 is 15.4 Å². The Hall–Kier alpha value is -2.14. The fraction of sp³-hybridized carbons (Fsp3) is 0.412. The lowest BCUT2D eigenvalue weighted by molar-refractivity contribution is 0.0923. The summed E-state index contributed by atoms with van der Waals surface area (Å²) in [5, 5.41) is 8.54. The van der Waals surface area contributed by atoms with Gasteiger partial charge in [0.25, 0.3) is 5.91 Å². The van der Waals surface area contributed by atoms with Crippen LogP contribution in [-0.4, -0.2) is 36.6 Å². The second-order valence-electron chi connectivity index (χ2n) is 6.21. The molecule has 2 bridgehead atoms. The minimum atomic E-state index is -0.0935. The molecule has 5 nitrogen and oxygen atoms in total. The molecule has 2 aromatic rings. The van der Waals surface area contributed by atoms with Crippen LogP contribution in [0.3, 0.4) is 0 Å². The van der Waals surface area contributed by atoms with Crippen molar-refractivity contribution in [2.75, 3.05) is 13.7 Å². The molecule has 3 unspecified atom stereocenters. The number of amides is 1. The van der Waals surface area contributed by atoms with E-state index in [0.717, 1.165) is 29.5 Å². The first-order valence-corrected chi connectivity index (χ1v) is 7.71. The van der Waals surface area contributed by atoms with Crippen LogP contribution in [0.2, 0.25) is 0 Å². The summed E-state index contributed by atoms with van der Waals surface area (Å²) in [4.78, 5) is 16.7. The molecular formula is C17H19N3O2. The zero-order valence-corrected chi connectivity index (χ0v) is 12.5. The highest BCUT2D eigenvalue weighted by molar-refractivity contribution is 5.96. The van der Waals surface area contributed by atoms with Crippen molar-refractivity contribution in [3.05, 3.63) is 36.2 Å². The van der Waals surface area contributed by atoms with Crippen molar-refractivity contribution >= 4 is 16.7 Å². The van der Waals surface area contributed by atoms with Gasteiger partial charge in [0.05, 0.1) is 7.11 Å². The number of rotatable bonds is 3. The van der Waals surface area contributed by atoms with E-state index in [1.165, 1.54) is 6.42 Å². The van der Waals surface area contributed by atoms with Crippen molar-refractivity contribution in [2.45, 2.75) is 24.9 Å². The van der Waals surface area contributed by atoms with Crippen LogP contribution in [0, 0.1) is 5.92 Å². The first-order chi connectivity index (χ1) is 10.7. The summed E-state index contributed by atoms with van der Waals surface area (Å²) in [6.45, 7) is 1.09. The van der Waals surface area contributed by atoms with Crippen LogP contribution in [0.5, 0.6) is 5.75 Å². The van der Waals surface area contributed by atoms with Crippen LogP contribution < -0.4 is 15.4 Å². The van der Waals surface area contributed by atoms with Crippen LogP contribution in [-0.2, 0) is 0 Å². The monoisotopic (exact) mass is 297 g/mol. The van der Waals surface area contributed by atoms with Crippen molar-refractivity contribution in [1.82, 2.24) is 15.6 Å². The zero-order chi connectivity index (χ0) is 15.1. The number of methoxy groups -OCH3 is 1. The topological polar surface area (TPSA) is 63.2 Å². The van der Waals surface area contributed by atoms with E-state index in [-0.39, 0.29) is 11.9 Å². The van der Waals surface area contributed by atoms with Crippen LogP contribution in [0.25, 0.3) is 10.8 Å². The van der Waals surface area contributed by atoms with Crippen molar-refractivity contribution in [3.63, 3.8) is 0 Å². The van der Waals surface area contributed by atoms with Gasteiger partial charge in [-0.15, -0.1) is 0 Å². The molecule has 2 heterocycles. The van der Waals surface area contributed by atoms with Crippen LogP contribution in [0.1, 0.15) is 23.3 Å². The van der Waals surface area contributed by atoms with Gasteiger partial charge in [-0.2, -0.15) is 0 Å². The SMILES string of the molecule is COc1ccc2cnc(C(=O)NC3CC4CNC3C4)cc2c1. The van der Waals surface area contributed by atoms with Gasteiger partial charge in [0.2, 0.25) is 0 Å². The van der Waals surface area contributed by atoms with E-state index in [1.54, 1.807) is 13.3 Å². The van der Waals surface area contributed by atoms with Gasteiger partial charge in [-0.05, 0) is 55.0 Å². The standard InChI is InChI=1S/C17H19N3O2/c1-22-13-3-2-11-9-19-16(7-12(11)6-13)17(21)20-15-5-10-4-14(15)18-8-10/h2-3,6-7,9-10,14-15,18H,4-5,8H2,1H3,(H,20,21). The Balaban J connectivity index is 1.56. The lowest BCUT2D eigenvalue weighted by atomic mass is 10.1. The molecule has 5 heteroatoms. The van der Waals surface area contributed by atoms with E-state index in [2.05, 4.69) is 15.6 Å². The fourth-order valence-electron chi connectivity index (χ4n) is 3.63. The number of piperidine rings is 1. The number of nitrogens with one attached hydrogen (secondary N) is 2. The molecular weight excluding hydrogens is 278 g/mol. The second-order valence-corrected chi connectivity index (χ2v) is 6.21. The lowest BCUT2D eigenvalue weighted by Gasteiger charge is -2.23. The molecule has 0 spiro atoms. The van der Waals surface area contributed by atoms with E-state index in [1.807, 2.05) is 24.3 Å². The highest BCUT2D eigenvalue weighted by Gasteiger charge is 2.40. The average Bonchev–Trinajstić information content (AvgIpc) is 3.16. The van der Waals surface area contributed by atoms with Crippen molar-refractivity contribution in [1.29, 1.82) is 0 Å². The van der Waals surface area contributed by atoms with Gasteiger partial charge in [0.1, 0.15) is 11.4 Å². The minimum absolute atomic E-state index is 0.0935. The molecule has 1 aliphatic heterocycles. The summed E-state index contributed by atoms with van der Waals surface area (Å²) in [6, 6.07) is 8.25. The number of aromatic nitrogens is 1. The number of pyridine rings is 1. The summed E-state index contributed by atoms with van der Waals surface area (Å²) < 4.78 is 5.23. The number of fused-ring (bicyclic) bond motifs is 3. The second kappa shape index (κ2) is 5.25. The maximum Gasteiger partial charge on any atom is 0.270 e. The first kappa shape index (κ1) is 13.5. The fourth-order valence-corrected chi connectivity index (χ4v) is 3.63. The zero-order valence-electron chi connectivity index (χ0n) is 12.5. The molecule has 1 saturated heterocycles. The van der Waals surface area contributed by atoms with E-state index in [4.69, 9.17) is 4.74 Å². The largest absolute Gasteiger partial charge is 0.497 e. The Kier molecular flexibility index (Phi) is 3.22.